The highest BCUT2D eigenvalue weighted by molar-refractivity contribution is 5.76. The number of aliphatic hydroxyl groups excluding tert-OH is 1. The molecule has 0 saturated heterocycles. The van der Waals surface area contributed by atoms with E-state index in [-0.39, 0.29) is 18.0 Å². The van der Waals surface area contributed by atoms with Gasteiger partial charge in [-0.05, 0) is 36.5 Å². The lowest BCUT2D eigenvalue weighted by Crippen LogP contribution is -2.31. The lowest BCUT2D eigenvalue weighted by molar-refractivity contribution is -0.137. The summed E-state index contributed by atoms with van der Waals surface area (Å²) < 4.78 is 37.7. The van der Waals surface area contributed by atoms with Crippen molar-refractivity contribution in [2.45, 2.75) is 38.0 Å². The summed E-state index contributed by atoms with van der Waals surface area (Å²) in [7, 11) is 0. The molecule has 1 amide bonds. The molecule has 2 rings (SSSR count). The van der Waals surface area contributed by atoms with Crippen LogP contribution in [0, 0.1) is 5.92 Å². The standard InChI is InChI=1S/C15H18F3NO2/c16-15(17,18)12-6-2-5-11(8-12)13(20)9-19-14(21)7-10-3-1-4-10/h2,5-6,8,10,13,20H,1,3-4,7,9H2,(H,19,21). The van der Waals surface area contributed by atoms with Crippen LogP contribution in [0.2, 0.25) is 0 Å². The minimum atomic E-state index is -4.44. The van der Waals surface area contributed by atoms with Crippen LogP contribution < -0.4 is 5.32 Å². The van der Waals surface area contributed by atoms with Gasteiger partial charge in [0.1, 0.15) is 0 Å². The summed E-state index contributed by atoms with van der Waals surface area (Å²) in [5, 5.41) is 12.5. The number of benzene rings is 1. The van der Waals surface area contributed by atoms with Gasteiger partial charge in [-0.25, -0.2) is 0 Å². The molecule has 1 unspecified atom stereocenters. The van der Waals surface area contributed by atoms with Gasteiger partial charge in [-0.2, -0.15) is 13.2 Å². The minimum Gasteiger partial charge on any atom is -0.387 e. The van der Waals surface area contributed by atoms with E-state index in [2.05, 4.69) is 5.32 Å². The number of halogens is 3. The van der Waals surface area contributed by atoms with Crippen molar-refractivity contribution in [2.75, 3.05) is 6.54 Å². The fourth-order valence-electron chi connectivity index (χ4n) is 2.28. The SMILES string of the molecule is O=C(CC1CCC1)NCC(O)c1cccc(C(F)(F)F)c1. The van der Waals surface area contributed by atoms with Crippen LogP contribution in [-0.4, -0.2) is 17.6 Å². The first kappa shape index (κ1) is 15.8. The zero-order valence-corrected chi connectivity index (χ0v) is 11.5. The number of carbonyl (C=O) groups is 1. The Hall–Kier alpha value is -1.56. The summed E-state index contributed by atoms with van der Waals surface area (Å²) in [6.07, 6.45) is -1.92. The van der Waals surface area contributed by atoms with Gasteiger partial charge in [0.15, 0.2) is 0 Å². The molecule has 1 atom stereocenters. The summed E-state index contributed by atoms with van der Waals surface area (Å²) >= 11 is 0. The smallest absolute Gasteiger partial charge is 0.387 e. The predicted octanol–water partition coefficient (Wildman–Crippen LogP) is 3.05. The first-order chi connectivity index (χ1) is 9.86. The molecule has 0 bridgehead atoms. The van der Waals surface area contributed by atoms with E-state index in [9.17, 15) is 23.1 Å². The van der Waals surface area contributed by atoms with Gasteiger partial charge < -0.3 is 10.4 Å². The monoisotopic (exact) mass is 301 g/mol. The fourth-order valence-corrected chi connectivity index (χ4v) is 2.28. The zero-order valence-electron chi connectivity index (χ0n) is 11.5. The van der Waals surface area contributed by atoms with Crippen LogP contribution in [0.25, 0.3) is 0 Å². The van der Waals surface area contributed by atoms with Gasteiger partial charge in [0.25, 0.3) is 0 Å². The molecule has 116 valence electrons. The quantitative estimate of drug-likeness (QED) is 0.878. The van der Waals surface area contributed by atoms with Crippen molar-refractivity contribution in [3.63, 3.8) is 0 Å². The third-order valence-electron chi connectivity index (χ3n) is 3.79. The van der Waals surface area contributed by atoms with Crippen LogP contribution in [0.3, 0.4) is 0 Å². The minimum absolute atomic E-state index is 0.0765. The van der Waals surface area contributed by atoms with Crippen molar-refractivity contribution in [2.24, 2.45) is 5.92 Å². The molecule has 6 heteroatoms. The Morgan fingerprint density at radius 3 is 2.67 bits per heavy atom. The second-order valence-electron chi connectivity index (χ2n) is 5.44. The summed E-state index contributed by atoms with van der Waals surface area (Å²) in [6.45, 7) is -0.0765. The second kappa shape index (κ2) is 6.47. The number of carbonyl (C=O) groups excluding carboxylic acids is 1. The van der Waals surface area contributed by atoms with E-state index in [0.29, 0.717) is 12.3 Å². The summed E-state index contributed by atoms with van der Waals surface area (Å²) in [5.41, 5.74) is -0.659. The first-order valence-electron chi connectivity index (χ1n) is 6.98. The van der Waals surface area contributed by atoms with E-state index in [4.69, 9.17) is 0 Å². The van der Waals surface area contributed by atoms with Crippen molar-refractivity contribution in [1.29, 1.82) is 0 Å². The molecular weight excluding hydrogens is 283 g/mol. The Balaban J connectivity index is 1.87. The average Bonchev–Trinajstić information content (AvgIpc) is 2.39. The van der Waals surface area contributed by atoms with E-state index < -0.39 is 17.8 Å². The average molecular weight is 301 g/mol. The van der Waals surface area contributed by atoms with E-state index >= 15 is 0 Å². The van der Waals surface area contributed by atoms with Crippen LogP contribution in [0.1, 0.15) is 42.9 Å². The maximum atomic E-state index is 12.6. The molecule has 1 aromatic carbocycles. The number of amides is 1. The first-order valence-corrected chi connectivity index (χ1v) is 6.98. The molecule has 1 fully saturated rings. The molecule has 0 spiro atoms. The van der Waals surface area contributed by atoms with E-state index in [0.717, 1.165) is 31.4 Å². The Bertz CT molecular complexity index is 498. The molecule has 0 aromatic heterocycles. The third kappa shape index (κ3) is 4.46. The van der Waals surface area contributed by atoms with Crippen molar-refractivity contribution < 1.29 is 23.1 Å². The van der Waals surface area contributed by atoms with E-state index in [1.807, 2.05) is 0 Å². The number of aliphatic hydroxyl groups is 1. The highest BCUT2D eigenvalue weighted by Gasteiger charge is 2.30. The Morgan fingerprint density at radius 2 is 2.10 bits per heavy atom. The van der Waals surface area contributed by atoms with E-state index in [1.54, 1.807) is 0 Å². The van der Waals surface area contributed by atoms with Crippen LogP contribution in [-0.2, 0) is 11.0 Å². The van der Waals surface area contributed by atoms with Gasteiger partial charge in [-0.1, -0.05) is 18.6 Å². The van der Waals surface area contributed by atoms with Crippen molar-refractivity contribution in [1.82, 2.24) is 5.32 Å². The number of alkyl halides is 3. The Kier molecular flexibility index (Phi) is 4.88. The number of rotatable bonds is 5. The maximum Gasteiger partial charge on any atom is 0.416 e. The molecule has 1 aromatic rings. The molecule has 3 nitrogen and oxygen atoms in total. The van der Waals surface area contributed by atoms with Crippen molar-refractivity contribution in [3.8, 4) is 0 Å². The molecular formula is C15H18F3NO2. The summed E-state index contributed by atoms with van der Waals surface area (Å²) in [4.78, 5) is 11.6. The Labute approximate surface area is 121 Å². The number of nitrogens with one attached hydrogen (secondary N) is 1. The molecule has 1 aliphatic rings. The van der Waals surface area contributed by atoms with Gasteiger partial charge in [-0.3, -0.25) is 4.79 Å². The van der Waals surface area contributed by atoms with Crippen molar-refractivity contribution >= 4 is 5.91 Å². The third-order valence-corrected chi connectivity index (χ3v) is 3.79. The summed E-state index contributed by atoms with van der Waals surface area (Å²) in [5.74, 6) is 0.251. The van der Waals surface area contributed by atoms with Gasteiger partial charge in [0.2, 0.25) is 5.91 Å². The van der Waals surface area contributed by atoms with Crippen LogP contribution in [0.5, 0.6) is 0 Å². The fraction of sp³-hybridized carbons (Fsp3) is 0.533. The normalized spacial score (nSPS) is 17.1. The van der Waals surface area contributed by atoms with Gasteiger partial charge >= 0.3 is 6.18 Å². The number of hydrogen-bond acceptors (Lipinski definition) is 2. The zero-order chi connectivity index (χ0) is 15.5. The van der Waals surface area contributed by atoms with Crippen LogP contribution in [0.15, 0.2) is 24.3 Å². The molecule has 0 aliphatic heterocycles. The largest absolute Gasteiger partial charge is 0.416 e. The lowest BCUT2D eigenvalue weighted by Gasteiger charge is -2.24. The maximum absolute atomic E-state index is 12.6. The molecule has 0 heterocycles. The lowest BCUT2D eigenvalue weighted by atomic mass is 9.83. The highest BCUT2D eigenvalue weighted by atomic mass is 19.4. The van der Waals surface area contributed by atoms with Gasteiger partial charge in [0.05, 0.1) is 11.7 Å². The topological polar surface area (TPSA) is 49.3 Å². The molecule has 1 aliphatic carbocycles. The van der Waals surface area contributed by atoms with Gasteiger partial charge in [-0.15, -0.1) is 0 Å². The predicted molar refractivity (Wildman–Crippen MR) is 71.4 cm³/mol. The highest BCUT2D eigenvalue weighted by Crippen LogP contribution is 2.31. The van der Waals surface area contributed by atoms with Crippen LogP contribution >= 0.6 is 0 Å². The number of hydrogen-bond donors (Lipinski definition) is 2. The Morgan fingerprint density at radius 1 is 1.38 bits per heavy atom. The molecule has 1 saturated carbocycles. The second-order valence-corrected chi connectivity index (χ2v) is 5.44. The molecule has 21 heavy (non-hydrogen) atoms. The molecule has 2 N–H and O–H groups in total. The summed E-state index contributed by atoms with van der Waals surface area (Å²) in [6, 6.07) is 4.52. The molecule has 0 radical (unpaired) electrons. The van der Waals surface area contributed by atoms with E-state index in [1.165, 1.54) is 12.1 Å². The van der Waals surface area contributed by atoms with Crippen molar-refractivity contribution in [3.05, 3.63) is 35.4 Å². The van der Waals surface area contributed by atoms with Gasteiger partial charge in [0, 0.05) is 13.0 Å². The van der Waals surface area contributed by atoms with Crippen LogP contribution in [0.4, 0.5) is 13.2 Å².